The molecular weight excluding hydrogens is 1130 g/mol. The van der Waals surface area contributed by atoms with Gasteiger partial charge in [0.1, 0.15) is 5.02 Å². The zero-order chi connectivity index (χ0) is 51.0. The van der Waals surface area contributed by atoms with Gasteiger partial charge in [-0.05, 0) is 163 Å². The predicted molar refractivity (Wildman–Crippen MR) is 280 cm³/mol. The fourth-order valence-electron chi connectivity index (χ4n) is 12.1. The molecule has 3 N–H and O–H groups in total. The van der Waals surface area contributed by atoms with Crippen LogP contribution in [0.4, 0.5) is 0 Å². The molecule has 5 aliphatic rings. The quantitative estimate of drug-likeness (QED) is 0.115. The zero-order valence-corrected chi connectivity index (χ0v) is 46.3. The third kappa shape index (κ3) is 11.7. The molecule has 0 unspecified atom stereocenters. The molecule has 18 heteroatoms. The Balaban J connectivity index is 0.000000178. The van der Waals surface area contributed by atoms with Crippen molar-refractivity contribution in [3.05, 3.63) is 153 Å². The Morgan fingerprint density at radius 2 is 1.12 bits per heavy atom. The second-order valence-corrected chi connectivity index (χ2v) is 23.5. The maximum absolute atomic E-state index is 13.2. The first kappa shape index (κ1) is 52.7. The average Bonchev–Trinajstić information content (AvgIpc) is 3.61. The lowest BCUT2D eigenvalue weighted by Gasteiger charge is -2.37. The van der Waals surface area contributed by atoms with Gasteiger partial charge in [0.2, 0.25) is 53.9 Å². The number of hydrogen-bond acceptors (Lipinski definition) is 6. The van der Waals surface area contributed by atoms with Crippen molar-refractivity contribution < 1.29 is 44.2 Å². The van der Waals surface area contributed by atoms with Crippen LogP contribution in [0.25, 0.3) is 0 Å². The van der Waals surface area contributed by atoms with E-state index >= 15 is 0 Å². The Kier molecular flexibility index (Phi) is 16.6. The number of piperidine rings is 3. The highest BCUT2D eigenvalue weighted by atomic mass is 79.9. The van der Waals surface area contributed by atoms with Gasteiger partial charge in [-0.2, -0.15) is 0 Å². The minimum Gasteiger partial charge on any atom is -0.343 e. The number of nitrogens with zero attached hydrogens (tertiary/aromatic N) is 6. The fourth-order valence-corrected chi connectivity index (χ4v) is 14.6. The van der Waals surface area contributed by atoms with E-state index in [9.17, 15) is 30.0 Å². The number of aryl methyl sites for hydroxylation is 4. The normalized spacial score (nSPS) is 19.5. The Bertz CT molecular complexity index is 2770. The smallest absolute Gasteiger partial charge is 0.245 e. The number of fused-ring (bicyclic) bond motifs is 4. The third-order valence-electron chi connectivity index (χ3n) is 15.6. The molecule has 3 fully saturated rings. The molecule has 3 aliphatic heterocycles. The van der Waals surface area contributed by atoms with Crippen molar-refractivity contribution in [3.63, 3.8) is 0 Å². The average molecular weight is 1190 g/mol. The van der Waals surface area contributed by atoms with Crippen molar-refractivity contribution in [2.24, 2.45) is 17.8 Å². The predicted octanol–water partition coefficient (Wildman–Crippen LogP) is 9.92. The van der Waals surface area contributed by atoms with Crippen LogP contribution in [-0.2, 0) is 46.5 Å². The Morgan fingerprint density at radius 1 is 0.611 bits per heavy atom. The molecule has 12 nitrogen and oxygen atoms in total. The van der Waals surface area contributed by atoms with Crippen LogP contribution in [-0.4, -0.2) is 87.3 Å². The first-order valence-electron chi connectivity index (χ1n) is 24.8. The SMILES string of the molecule is CC(=O)N1CCC(CC(=O)N2CCC([C@@H]3c4c(Cl)cc(Cl)cc4CCc4cc(Cl)c[n+](O)c43)CC2)CC1.O=C(Cc1ccc[n+](O)c1)N1CCC([C@@H]2c3c(Br)cc(Cl)cc3CCc3cc(Br)c[n+](O)c32)CC1. The van der Waals surface area contributed by atoms with Gasteiger partial charge in [-0.25, -0.2) is 0 Å². The van der Waals surface area contributed by atoms with Crippen LogP contribution in [0.1, 0.15) is 114 Å². The van der Waals surface area contributed by atoms with Crippen LogP contribution in [0.15, 0.2) is 82.3 Å². The number of amides is 3. The summed E-state index contributed by atoms with van der Waals surface area (Å²) < 4.78 is 5.22. The Hall–Kier alpha value is -4.18. The summed E-state index contributed by atoms with van der Waals surface area (Å²) in [5.41, 5.74) is 9.15. The maximum Gasteiger partial charge on any atom is 0.245 e. The highest BCUT2D eigenvalue weighted by Gasteiger charge is 2.43. The van der Waals surface area contributed by atoms with Crippen LogP contribution in [0.5, 0.6) is 0 Å². The van der Waals surface area contributed by atoms with E-state index in [1.807, 2.05) is 45.0 Å². The summed E-state index contributed by atoms with van der Waals surface area (Å²) in [4.78, 5) is 43.5. The number of hydrogen-bond donors (Lipinski definition) is 3. The molecule has 0 saturated carbocycles. The highest BCUT2D eigenvalue weighted by molar-refractivity contribution is 9.10. The van der Waals surface area contributed by atoms with E-state index in [1.165, 1.54) is 33.0 Å². The van der Waals surface area contributed by atoms with Crippen LogP contribution in [0.2, 0.25) is 20.1 Å². The monoisotopic (exact) mass is 1190 g/mol. The summed E-state index contributed by atoms with van der Waals surface area (Å²) in [5.74, 6) is 1.03. The Morgan fingerprint density at radius 3 is 1.74 bits per heavy atom. The first-order valence-corrected chi connectivity index (χ1v) is 27.9. The standard InChI is InChI=1S/C28H33Cl3N3O3.C26H26Br2ClN3O3/c1-17(35)32-8-4-18(5-9-32)12-25(36)33-10-6-19(7-11-33)27-26-20(13-22(29)15-24(26)31)2-3-21-14-23(30)16-34(37)28(21)27;27-20-11-19-4-3-18-12-21(29)13-22(28)24(18)25(26(19)32(35)15-20)17-5-8-30(9-6-17)23(33)10-16-2-1-7-31(34)14-16/h13-16,18-19,27,37H,2-12H2,1H3;1-2,7,11-15,17,25,34-35H,3-6,8-10H2/q+1;+2/t27-;25-/m11/s1. The van der Waals surface area contributed by atoms with Crippen LogP contribution < -0.4 is 14.2 Å². The Labute approximate surface area is 457 Å². The first-order chi connectivity index (χ1) is 34.5. The minimum absolute atomic E-state index is 0.0213. The minimum atomic E-state index is -0.118. The van der Waals surface area contributed by atoms with E-state index in [-0.39, 0.29) is 47.8 Å². The van der Waals surface area contributed by atoms with Gasteiger partial charge in [-0.3, -0.25) is 30.0 Å². The molecule has 0 radical (unpaired) electrons. The molecule has 6 heterocycles. The van der Waals surface area contributed by atoms with E-state index in [2.05, 4.69) is 37.9 Å². The summed E-state index contributed by atoms with van der Waals surface area (Å²) in [6.07, 6.45) is 15.3. The van der Waals surface area contributed by atoms with Crippen LogP contribution in [0, 0.1) is 17.8 Å². The molecular formula is C54H59Br2Cl4N6O6+3. The molecule has 2 aromatic carbocycles. The fraction of sp³-hybridized carbons (Fsp3) is 0.444. The van der Waals surface area contributed by atoms with Crippen LogP contribution >= 0.6 is 78.3 Å². The third-order valence-corrected chi connectivity index (χ3v) is 17.7. The van der Waals surface area contributed by atoms with Crippen molar-refractivity contribution in [2.45, 2.75) is 95.8 Å². The lowest BCUT2D eigenvalue weighted by molar-refractivity contribution is -0.911. The van der Waals surface area contributed by atoms with Crippen LogP contribution in [0.3, 0.4) is 0 Å². The molecule has 0 bridgehead atoms. The number of carbonyl (C=O) groups is 3. The molecule has 10 rings (SSSR count). The zero-order valence-electron chi connectivity index (χ0n) is 40.1. The number of carbonyl (C=O) groups excluding carboxylic acids is 3. The van der Waals surface area contributed by atoms with E-state index in [4.69, 9.17) is 46.4 Å². The van der Waals surface area contributed by atoms with Gasteiger partial charge in [-0.1, -0.05) is 62.3 Å². The summed E-state index contributed by atoms with van der Waals surface area (Å²) in [6.45, 7) is 5.77. The lowest BCUT2D eigenvalue weighted by atomic mass is 9.76. The molecule has 3 saturated heterocycles. The van der Waals surface area contributed by atoms with E-state index in [0.29, 0.717) is 58.6 Å². The number of rotatable bonds is 6. The van der Waals surface area contributed by atoms with Gasteiger partial charge in [-0.15, -0.1) is 0 Å². The summed E-state index contributed by atoms with van der Waals surface area (Å²) in [5, 5.41) is 34.0. The van der Waals surface area contributed by atoms with Crippen molar-refractivity contribution in [3.8, 4) is 0 Å². The van der Waals surface area contributed by atoms with E-state index in [0.717, 1.165) is 130 Å². The van der Waals surface area contributed by atoms with Crippen molar-refractivity contribution in [1.29, 1.82) is 0 Å². The van der Waals surface area contributed by atoms with Gasteiger partial charge < -0.3 is 14.7 Å². The molecule has 2 atom stereocenters. The van der Waals surface area contributed by atoms with Crippen molar-refractivity contribution in [1.82, 2.24) is 14.7 Å². The topological polar surface area (TPSA) is 133 Å². The van der Waals surface area contributed by atoms with Crippen molar-refractivity contribution in [2.75, 3.05) is 39.3 Å². The summed E-state index contributed by atoms with van der Waals surface area (Å²) in [6, 6.07) is 15.4. The number of aromatic nitrogens is 3. The number of benzene rings is 2. The molecule has 2 aliphatic carbocycles. The van der Waals surface area contributed by atoms with Gasteiger partial charge in [0.25, 0.3) is 0 Å². The number of halogens is 6. The largest absolute Gasteiger partial charge is 0.343 e. The molecule has 3 aromatic heterocycles. The second kappa shape index (κ2) is 22.7. The summed E-state index contributed by atoms with van der Waals surface area (Å²) >= 11 is 33.2. The van der Waals surface area contributed by atoms with Crippen molar-refractivity contribution >= 4 is 96.0 Å². The van der Waals surface area contributed by atoms with Gasteiger partial charge in [0.05, 0.1) is 22.7 Å². The number of pyridine rings is 3. The maximum atomic E-state index is 13.2. The second-order valence-electron chi connectivity index (χ2n) is 20.1. The molecule has 72 heavy (non-hydrogen) atoms. The summed E-state index contributed by atoms with van der Waals surface area (Å²) in [7, 11) is 0. The molecule has 5 aromatic rings. The van der Waals surface area contributed by atoms with E-state index in [1.54, 1.807) is 31.5 Å². The van der Waals surface area contributed by atoms with Gasteiger partial charge >= 0.3 is 0 Å². The molecule has 3 amide bonds. The highest BCUT2D eigenvalue weighted by Crippen LogP contribution is 2.48. The molecule has 0 spiro atoms. The number of likely N-dealkylation sites (tertiary alicyclic amines) is 3. The van der Waals surface area contributed by atoms with E-state index < -0.39 is 0 Å². The van der Waals surface area contributed by atoms with Gasteiger partial charge in [0.15, 0.2) is 0 Å². The lowest BCUT2D eigenvalue weighted by Crippen LogP contribution is -2.44. The van der Waals surface area contributed by atoms with Gasteiger partial charge in [0, 0.05) is 109 Å². The molecule has 380 valence electrons.